The van der Waals surface area contributed by atoms with Gasteiger partial charge < -0.3 is 19.7 Å². The molecule has 0 amide bonds. The van der Waals surface area contributed by atoms with Gasteiger partial charge in [0.2, 0.25) is 0 Å². The Morgan fingerprint density at radius 2 is 1.64 bits per heavy atom. The molecule has 0 heterocycles. The number of ether oxygens (including phenoxy) is 1. The summed E-state index contributed by atoms with van der Waals surface area (Å²) in [6, 6.07) is 18.0. The molecule has 0 saturated heterocycles. The van der Waals surface area contributed by atoms with Gasteiger partial charge in [-0.2, -0.15) is 0 Å². The van der Waals surface area contributed by atoms with Crippen LogP contribution in [-0.2, 0) is 27.4 Å². The number of nitrogens with zero attached hydrogens (tertiary/aromatic N) is 1. The van der Waals surface area contributed by atoms with Crippen LogP contribution in [0.15, 0.2) is 60.7 Å². The molecule has 28 heavy (non-hydrogen) atoms. The number of carbonyl (C=O) groups is 2. The molecule has 0 saturated carbocycles. The summed E-state index contributed by atoms with van der Waals surface area (Å²) >= 11 is 0. The van der Waals surface area contributed by atoms with E-state index >= 15 is 0 Å². The molecule has 2 aromatic carbocycles. The second-order valence-electron chi connectivity index (χ2n) is 6.79. The van der Waals surface area contributed by atoms with E-state index in [2.05, 4.69) is 0 Å². The quantitative estimate of drug-likeness (QED) is 0.450. The van der Waals surface area contributed by atoms with Crippen molar-refractivity contribution in [1.82, 2.24) is 4.90 Å². The Bertz CT molecular complexity index is 722. The molecule has 2 rings (SSSR count). The summed E-state index contributed by atoms with van der Waals surface area (Å²) in [4.78, 5) is 26.3. The molecule has 0 aliphatic carbocycles. The van der Waals surface area contributed by atoms with Gasteiger partial charge in [0.25, 0.3) is 0 Å². The van der Waals surface area contributed by atoms with Crippen molar-refractivity contribution in [2.75, 3.05) is 20.2 Å². The van der Waals surface area contributed by atoms with Crippen molar-refractivity contribution in [3.8, 4) is 0 Å². The molecular weight excluding hydrogens is 358 g/mol. The first kappa shape index (κ1) is 21.8. The van der Waals surface area contributed by atoms with Crippen LogP contribution in [0.3, 0.4) is 0 Å². The van der Waals surface area contributed by atoms with E-state index in [1.807, 2.05) is 60.7 Å². The molecule has 0 fully saturated rings. The van der Waals surface area contributed by atoms with E-state index in [4.69, 9.17) is 9.84 Å². The number of rotatable bonds is 11. The van der Waals surface area contributed by atoms with Crippen molar-refractivity contribution < 1.29 is 24.5 Å². The van der Waals surface area contributed by atoms with Crippen LogP contribution in [0, 0.1) is 5.92 Å². The van der Waals surface area contributed by atoms with E-state index < -0.39 is 30.6 Å². The molecule has 3 atom stereocenters. The number of carbonyl (C=O) groups excluding carboxylic acids is 2. The molecule has 0 radical (unpaired) electrons. The summed E-state index contributed by atoms with van der Waals surface area (Å²) in [7, 11) is 1.64. The fraction of sp³-hybridized carbons (Fsp3) is 0.364. The zero-order valence-electron chi connectivity index (χ0n) is 16.0. The molecule has 2 aromatic rings. The average Bonchev–Trinajstić information content (AvgIpc) is 2.73. The highest BCUT2D eigenvalue weighted by molar-refractivity contribution is 5.79. The molecule has 150 valence electrons. The minimum Gasteiger partial charge on any atom is -0.461 e. The highest BCUT2D eigenvalue weighted by atomic mass is 16.5. The maximum Gasteiger partial charge on any atom is 0.311 e. The lowest BCUT2D eigenvalue weighted by molar-refractivity contribution is -0.153. The Kier molecular flexibility index (Phi) is 8.81. The molecule has 2 unspecified atom stereocenters. The van der Waals surface area contributed by atoms with Gasteiger partial charge in [0.05, 0.1) is 24.7 Å². The van der Waals surface area contributed by atoms with E-state index in [0.717, 1.165) is 11.1 Å². The van der Waals surface area contributed by atoms with Crippen LogP contribution >= 0.6 is 0 Å². The normalized spacial score (nSPS) is 14.3. The van der Waals surface area contributed by atoms with Gasteiger partial charge in [0, 0.05) is 6.54 Å². The second kappa shape index (κ2) is 11.3. The number of esters is 1. The molecule has 0 bridgehead atoms. The zero-order chi connectivity index (χ0) is 20.4. The van der Waals surface area contributed by atoms with Crippen LogP contribution in [0.2, 0.25) is 0 Å². The maximum absolute atomic E-state index is 12.9. The second-order valence-corrected chi connectivity index (χ2v) is 6.79. The Morgan fingerprint density at radius 1 is 1.07 bits per heavy atom. The van der Waals surface area contributed by atoms with E-state index in [9.17, 15) is 14.7 Å². The van der Waals surface area contributed by atoms with Gasteiger partial charge in [-0.25, -0.2) is 0 Å². The van der Waals surface area contributed by atoms with Crippen LogP contribution in [0.1, 0.15) is 11.1 Å². The number of likely N-dealkylation sites (N-methyl/N-ethyl adjacent to an activating group) is 1. The third-order valence-electron chi connectivity index (χ3n) is 4.60. The minimum absolute atomic E-state index is 0.0666. The number of hydrogen-bond donors (Lipinski definition) is 2. The molecule has 0 aliphatic heterocycles. The number of benzene rings is 2. The summed E-state index contributed by atoms with van der Waals surface area (Å²) in [5, 5.41) is 18.8. The van der Waals surface area contributed by atoms with Crippen molar-refractivity contribution in [2.24, 2.45) is 5.92 Å². The summed E-state index contributed by atoms with van der Waals surface area (Å²) in [6.07, 6.45) is 0.0315. The van der Waals surface area contributed by atoms with Crippen LogP contribution in [0.5, 0.6) is 0 Å². The third-order valence-corrected chi connectivity index (χ3v) is 4.60. The Labute approximate surface area is 165 Å². The summed E-state index contributed by atoms with van der Waals surface area (Å²) in [6.45, 7) is -0.228. The first-order valence-corrected chi connectivity index (χ1v) is 9.24. The van der Waals surface area contributed by atoms with Crippen molar-refractivity contribution in [3.63, 3.8) is 0 Å². The molecule has 6 nitrogen and oxygen atoms in total. The smallest absolute Gasteiger partial charge is 0.311 e. The predicted octanol–water partition coefficient (Wildman–Crippen LogP) is 1.44. The standard InChI is InChI=1S/C22H27NO5/c1-23(13-19(26)14-24)21(15-25)20(12-17-8-4-2-5-9-17)22(27)28-16-18-10-6-3-7-11-18/h2-11,15,19-21,24,26H,12-14,16H2,1H3/t19?,20-,21?/m1/s1. The maximum atomic E-state index is 12.9. The van der Waals surface area contributed by atoms with E-state index in [1.54, 1.807) is 11.9 Å². The zero-order valence-corrected chi connectivity index (χ0v) is 16.0. The van der Waals surface area contributed by atoms with E-state index in [-0.39, 0.29) is 13.2 Å². The molecule has 0 spiro atoms. The monoisotopic (exact) mass is 385 g/mol. The molecule has 6 heteroatoms. The Balaban J connectivity index is 2.16. The van der Waals surface area contributed by atoms with Crippen molar-refractivity contribution in [1.29, 1.82) is 0 Å². The van der Waals surface area contributed by atoms with E-state index in [0.29, 0.717) is 12.7 Å². The summed E-state index contributed by atoms with van der Waals surface area (Å²) in [5.41, 5.74) is 1.77. The van der Waals surface area contributed by atoms with Gasteiger partial charge in [-0.3, -0.25) is 9.69 Å². The van der Waals surface area contributed by atoms with E-state index in [1.165, 1.54) is 0 Å². The lowest BCUT2D eigenvalue weighted by Crippen LogP contribution is -2.47. The molecule has 2 N–H and O–H groups in total. The average molecular weight is 385 g/mol. The van der Waals surface area contributed by atoms with Gasteiger partial charge in [-0.1, -0.05) is 60.7 Å². The molecular formula is C22H27NO5. The van der Waals surface area contributed by atoms with Gasteiger partial charge in [0.15, 0.2) is 0 Å². The SMILES string of the molecule is CN(CC(O)CO)C(C=O)[C@@H](Cc1ccccc1)C(=O)OCc1ccccc1. The van der Waals surface area contributed by atoms with Crippen molar-refractivity contribution >= 4 is 12.3 Å². The van der Waals surface area contributed by atoms with Gasteiger partial charge in [-0.05, 0) is 24.6 Å². The predicted molar refractivity (Wildman–Crippen MR) is 105 cm³/mol. The Morgan fingerprint density at radius 3 is 2.18 bits per heavy atom. The van der Waals surface area contributed by atoms with Crippen LogP contribution < -0.4 is 0 Å². The van der Waals surface area contributed by atoms with Crippen LogP contribution in [0.4, 0.5) is 0 Å². The van der Waals surface area contributed by atoms with Crippen molar-refractivity contribution in [2.45, 2.75) is 25.2 Å². The van der Waals surface area contributed by atoms with Gasteiger partial charge in [0.1, 0.15) is 12.9 Å². The molecule has 0 aromatic heterocycles. The number of aldehydes is 1. The first-order valence-electron chi connectivity index (χ1n) is 9.24. The van der Waals surface area contributed by atoms with Crippen molar-refractivity contribution in [3.05, 3.63) is 71.8 Å². The first-order chi connectivity index (χ1) is 13.5. The largest absolute Gasteiger partial charge is 0.461 e. The van der Waals surface area contributed by atoms with Crippen LogP contribution in [-0.4, -0.2) is 59.7 Å². The Hall–Kier alpha value is -2.54. The number of hydrogen-bond acceptors (Lipinski definition) is 6. The third kappa shape index (κ3) is 6.56. The number of aliphatic hydroxyl groups excluding tert-OH is 2. The summed E-state index contributed by atoms with van der Waals surface area (Å²) in [5.74, 6) is -1.21. The van der Waals surface area contributed by atoms with Gasteiger partial charge in [-0.15, -0.1) is 0 Å². The lowest BCUT2D eigenvalue weighted by atomic mass is 9.91. The lowest BCUT2D eigenvalue weighted by Gasteiger charge is -2.30. The minimum atomic E-state index is -0.995. The topological polar surface area (TPSA) is 87.1 Å². The fourth-order valence-electron chi connectivity index (χ4n) is 3.07. The highest BCUT2D eigenvalue weighted by Crippen LogP contribution is 2.19. The number of aliphatic hydroxyl groups is 2. The highest BCUT2D eigenvalue weighted by Gasteiger charge is 2.33. The fourth-order valence-corrected chi connectivity index (χ4v) is 3.07. The van der Waals surface area contributed by atoms with Crippen LogP contribution in [0.25, 0.3) is 0 Å². The molecule has 0 aliphatic rings. The van der Waals surface area contributed by atoms with Gasteiger partial charge >= 0.3 is 5.97 Å². The summed E-state index contributed by atoms with van der Waals surface area (Å²) < 4.78 is 5.49.